The van der Waals surface area contributed by atoms with Crippen molar-refractivity contribution in [1.82, 2.24) is 5.32 Å². The molecule has 0 unspecified atom stereocenters. The molecule has 1 aromatic carbocycles. The van der Waals surface area contributed by atoms with Crippen LogP contribution in [0.2, 0.25) is 0 Å². The quantitative estimate of drug-likeness (QED) is 0.831. The molecule has 1 amide bonds. The molecule has 0 radical (unpaired) electrons. The number of rotatable bonds is 4. The molecule has 0 fully saturated rings. The Morgan fingerprint density at radius 2 is 2.00 bits per heavy atom. The SMILES string of the molecule is CCOc1ccccc1/C=C\C(=O)NC(C)(C)C. The molecule has 0 atom stereocenters. The van der Waals surface area contributed by atoms with Gasteiger partial charge in [0.05, 0.1) is 6.61 Å². The third-order valence-corrected chi connectivity index (χ3v) is 2.13. The highest BCUT2D eigenvalue weighted by Crippen LogP contribution is 2.19. The van der Waals surface area contributed by atoms with E-state index in [4.69, 9.17) is 4.74 Å². The highest BCUT2D eigenvalue weighted by Gasteiger charge is 2.11. The van der Waals surface area contributed by atoms with Crippen LogP contribution >= 0.6 is 0 Å². The van der Waals surface area contributed by atoms with Crippen molar-refractivity contribution in [2.75, 3.05) is 6.61 Å². The monoisotopic (exact) mass is 247 g/mol. The largest absolute Gasteiger partial charge is 0.493 e. The number of nitrogens with one attached hydrogen (secondary N) is 1. The van der Waals surface area contributed by atoms with E-state index in [-0.39, 0.29) is 11.4 Å². The predicted molar refractivity (Wildman–Crippen MR) is 74.5 cm³/mol. The third kappa shape index (κ3) is 5.04. The molecule has 0 aliphatic carbocycles. The number of carbonyl (C=O) groups excluding carboxylic acids is 1. The Kier molecular flexibility index (Phi) is 4.95. The van der Waals surface area contributed by atoms with Gasteiger partial charge in [0.2, 0.25) is 5.91 Å². The lowest BCUT2D eigenvalue weighted by molar-refractivity contribution is -0.117. The van der Waals surface area contributed by atoms with Gasteiger partial charge in [-0.1, -0.05) is 18.2 Å². The Balaban J connectivity index is 2.75. The first kappa shape index (κ1) is 14.3. The van der Waals surface area contributed by atoms with Crippen LogP contribution in [0.25, 0.3) is 6.08 Å². The summed E-state index contributed by atoms with van der Waals surface area (Å²) in [6.45, 7) is 8.40. The van der Waals surface area contributed by atoms with E-state index in [2.05, 4.69) is 5.32 Å². The van der Waals surface area contributed by atoms with Crippen molar-refractivity contribution in [1.29, 1.82) is 0 Å². The molecule has 1 rings (SSSR count). The van der Waals surface area contributed by atoms with Gasteiger partial charge >= 0.3 is 0 Å². The first-order valence-electron chi connectivity index (χ1n) is 6.14. The molecule has 1 aromatic rings. The topological polar surface area (TPSA) is 38.3 Å². The minimum atomic E-state index is -0.221. The number of benzene rings is 1. The van der Waals surface area contributed by atoms with Crippen molar-refractivity contribution in [2.24, 2.45) is 0 Å². The Morgan fingerprint density at radius 3 is 2.61 bits per heavy atom. The van der Waals surface area contributed by atoms with Crippen LogP contribution < -0.4 is 10.1 Å². The first-order chi connectivity index (χ1) is 8.42. The summed E-state index contributed by atoms with van der Waals surface area (Å²) in [6.07, 6.45) is 3.30. The smallest absolute Gasteiger partial charge is 0.244 e. The van der Waals surface area contributed by atoms with Crippen LogP contribution in [-0.4, -0.2) is 18.1 Å². The van der Waals surface area contributed by atoms with Crippen LogP contribution in [0.15, 0.2) is 30.3 Å². The minimum absolute atomic E-state index is 0.103. The summed E-state index contributed by atoms with van der Waals surface area (Å²) in [6, 6.07) is 7.65. The molecule has 3 nitrogen and oxygen atoms in total. The minimum Gasteiger partial charge on any atom is -0.493 e. The zero-order chi connectivity index (χ0) is 13.6. The van der Waals surface area contributed by atoms with Gasteiger partial charge in [-0.2, -0.15) is 0 Å². The van der Waals surface area contributed by atoms with E-state index in [0.717, 1.165) is 11.3 Å². The number of carbonyl (C=O) groups is 1. The van der Waals surface area contributed by atoms with Gasteiger partial charge in [-0.15, -0.1) is 0 Å². The van der Waals surface area contributed by atoms with Crippen molar-refractivity contribution in [3.05, 3.63) is 35.9 Å². The van der Waals surface area contributed by atoms with Crippen molar-refractivity contribution in [2.45, 2.75) is 33.2 Å². The summed E-state index contributed by atoms with van der Waals surface area (Å²) in [4.78, 5) is 11.7. The molecule has 0 spiro atoms. The van der Waals surface area contributed by atoms with Crippen LogP contribution in [0.4, 0.5) is 0 Å². The van der Waals surface area contributed by atoms with Crippen molar-refractivity contribution < 1.29 is 9.53 Å². The summed E-state index contributed by atoms with van der Waals surface area (Å²) in [5, 5.41) is 2.87. The first-order valence-corrected chi connectivity index (χ1v) is 6.14. The van der Waals surface area contributed by atoms with E-state index < -0.39 is 0 Å². The highest BCUT2D eigenvalue weighted by molar-refractivity contribution is 5.92. The van der Waals surface area contributed by atoms with Gasteiger partial charge in [0.15, 0.2) is 0 Å². The lowest BCUT2D eigenvalue weighted by Gasteiger charge is -2.19. The van der Waals surface area contributed by atoms with Gasteiger partial charge in [0.1, 0.15) is 5.75 Å². The molecule has 0 saturated carbocycles. The Hall–Kier alpha value is -1.77. The molecular formula is C15H21NO2. The van der Waals surface area contributed by atoms with Gasteiger partial charge in [0, 0.05) is 17.2 Å². The Labute approximate surface area is 109 Å². The molecule has 0 aliphatic heterocycles. The Bertz CT molecular complexity index is 430. The number of hydrogen-bond donors (Lipinski definition) is 1. The van der Waals surface area contributed by atoms with Crippen LogP contribution in [0.3, 0.4) is 0 Å². The molecule has 0 saturated heterocycles. The maximum atomic E-state index is 11.7. The highest BCUT2D eigenvalue weighted by atomic mass is 16.5. The van der Waals surface area contributed by atoms with Crippen LogP contribution in [0.1, 0.15) is 33.3 Å². The maximum Gasteiger partial charge on any atom is 0.244 e. The number of amides is 1. The van der Waals surface area contributed by atoms with E-state index in [1.807, 2.05) is 52.0 Å². The molecule has 0 heterocycles. The summed E-state index contributed by atoms with van der Waals surface area (Å²) >= 11 is 0. The van der Waals surface area contributed by atoms with E-state index >= 15 is 0 Å². The van der Waals surface area contributed by atoms with Crippen molar-refractivity contribution in [3.63, 3.8) is 0 Å². The van der Waals surface area contributed by atoms with E-state index in [1.54, 1.807) is 6.08 Å². The predicted octanol–water partition coefficient (Wildman–Crippen LogP) is 3.01. The fourth-order valence-corrected chi connectivity index (χ4v) is 1.48. The number of hydrogen-bond acceptors (Lipinski definition) is 2. The van der Waals surface area contributed by atoms with E-state index in [1.165, 1.54) is 6.08 Å². The molecule has 0 aromatic heterocycles. The molecular weight excluding hydrogens is 226 g/mol. The zero-order valence-corrected chi connectivity index (χ0v) is 11.5. The van der Waals surface area contributed by atoms with Crippen molar-refractivity contribution in [3.8, 4) is 5.75 Å². The summed E-state index contributed by atoms with van der Waals surface area (Å²) in [5.74, 6) is 0.689. The average molecular weight is 247 g/mol. The lowest BCUT2D eigenvalue weighted by Crippen LogP contribution is -2.39. The maximum absolute atomic E-state index is 11.7. The van der Waals surface area contributed by atoms with Gasteiger partial charge in [-0.3, -0.25) is 4.79 Å². The Morgan fingerprint density at radius 1 is 1.33 bits per heavy atom. The van der Waals surface area contributed by atoms with Crippen LogP contribution in [-0.2, 0) is 4.79 Å². The van der Waals surface area contributed by atoms with Gasteiger partial charge in [0.25, 0.3) is 0 Å². The second-order valence-corrected chi connectivity index (χ2v) is 5.04. The van der Waals surface area contributed by atoms with E-state index in [0.29, 0.717) is 6.61 Å². The molecule has 0 bridgehead atoms. The molecule has 3 heteroatoms. The third-order valence-electron chi connectivity index (χ3n) is 2.13. The number of ether oxygens (including phenoxy) is 1. The summed E-state index contributed by atoms with van der Waals surface area (Å²) in [5.41, 5.74) is 0.685. The second kappa shape index (κ2) is 6.24. The second-order valence-electron chi connectivity index (χ2n) is 5.04. The molecule has 98 valence electrons. The van der Waals surface area contributed by atoms with Gasteiger partial charge in [-0.05, 0) is 39.8 Å². The standard InChI is InChI=1S/C15H21NO2/c1-5-18-13-9-7-6-8-12(13)10-11-14(17)16-15(2,3)4/h6-11H,5H2,1-4H3,(H,16,17)/b11-10-. The number of para-hydroxylation sites is 1. The lowest BCUT2D eigenvalue weighted by atomic mass is 10.1. The molecule has 1 N–H and O–H groups in total. The molecule has 0 aliphatic rings. The summed E-state index contributed by atoms with van der Waals surface area (Å²) < 4.78 is 5.49. The van der Waals surface area contributed by atoms with Gasteiger partial charge < -0.3 is 10.1 Å². The fourth-order valence-electron chi connectivity index (χ4n) is 1.48. The van der Waals surface area contributed by atoms with E-state index in [9.17, 15) is 4.79 Å². The normalized spacial score (nSPS) is 11.6. The zero-order valence-electron chi connectivity index (χ0n) is 11.5. The summed E-state index contributed by atoms with van der Waals surface area (Å²) in [7, 11) is 0. The van der Waals surface area contributed by atoms with Crippen molar-refractivity contribution >= 4 is 12.0 Å². The van der Waals surface area contributed by atoms with Crippen LogP contribution in [0, 0.1) is 0 Å². The van der Waals surface area contributed by atoms with Crippen LogP contribution in [0.5, 0.6) is 5.75 Å². The molecule has 18 heavy (non-hydrogen) atoms. The fraction of sp³-hybridized carbons (Fsp3) is 0.400. The van der Waals surface area contributed by atoms with Gasteiger partial charge in [-0.25, -0.2) is 0 Å². The average Bonchev–Trinajstić information content (AvgIpc) is 2.26.